The largest absolute Gasteiger partial charge is 0.455 e. The van der Waals surface area contributed by atoms with Gasteiger partial charge in [-0.15, -0.1) is 11.3 Å². The van der Waals surface area contributed by atoms with Crippen molar-refractivity contribution in [3.63, 3.8) is 0 Å². The van der Waals surface area contributed by atoms with E-state index in [-0.39, 0.29) is 0 Å². The first kappa shape index (κ1) is 16.8. The molecule has 3 heteroatoms. The van der Waals surface area contributed by atoms with Crippen LogP contribution < -0.4 is 0 Å². The highest BCUT2D eigenvalue weighted by Crippen LogP contribution is 2.44. The average Bonchev–Trinajstić information content (AvgIpc) is 3.31. The number of thiophene rings is 1. The molecule has 0 spiro atoms. The molecule has 0 fully saturated rings. The molecule has 0 saturated carbocycles. The molecule has 0 aliphatic carbocycles. The molecular weight excluding hydrogens is 374 g/mol. The quantitative estimate of drug-likeness (QED) is 0.297. The van der Waals surface area contributed by atoms with Crippen LogP contribution in [-0.4, -0.2) is 4.98 Å². The Morgan fingerprint density at radius 1 is 0.828 bits per heavy atom. The number of fused-ring (bicyclic) bond motifs is 7. The summed E-state index contributed by atoms with van der Waals surface area (Å²) in [5, 5.41) is 4.95. The van der Waals surface area contributed by atoms with Gasteiger partial charge in [-0.2, -0.15) is 0 Å². The number of benzene rings is 3. The molecule has 0 aliphatic heterocycles. The molecule has 3 aromatic heterocycles. The lowest BCUT2D eigenvalue weighted by atomic mass is 10.00. The van der Waals surface area contributed by atoms with E-state index in [1.807, 2.05) is 17.5 Å². The number of pyridine rings is 1. The second kappa shape index (κ2) is 6.16. The van der Waals surface area contributed by atoms with Gasteiger partial charge in [0.05, 0.1) is 5.69 Å². The summed E-state index contributed by atoms with van der Waals surface area (Å²) in [5.74, 6) is 0.462. The van der Waals surface area contributed by atoms with Crippen molar-refractivity contribution in [2.75, 3.05) is 0 Å². The number of nitrogens with zero attached hydrogens (tertiary/aromatic N) is 1. The topological polar surface area (TPSA) is 26.0 Å². The number of aromatic nitrogens is 1. The van der Waals surface area contributed by atoms with Gasteiger partial charge >= 0.3 is 0 Å². The van der Waals surface area contributed by atoms with Crippen LogP contribution in [0.1, 0.15) is 25.3 Å². The van der Waals surface area contributed by atoms with Crippen molar-refractivity contribution >= 4 is 53.4 Å². The van der Waals surface area contributed by atoms with Gasteiger partial charge in [-0.25, -0.2) is 0 Å². The third-order valence-electron chi connectivity index (χ3n) is 5.73. The third kappa shape index (κ3) is 2.44. The molecule has 0 unspecified atom stereocenters. The van der Waals surface area contributed by atoms with E-state index in [2.05, 4.69) is 85.6 Å². The summed E-state index contributed by atoms with van der Waals surface area (Å²) >= 11 is 1.84. The second-order valence-electron chi connectivity index (χ2n) is 7.82. The predicted molar refractivity (Wildman–Crippen MR) is 124 cm³/mol. The van der Waals surface area contributed by atoms with Gasteiger partial charge in [-0.1, -0.05) is 44.2 Å². The average molecular weight is 394 g/mol. The van der Waals surface area contributed by atoms with Gasteiger partial charge in [0.15, 0.2) is 0 Å². The number of para-hydroxylation sites is 1. The van der Waals surface area contributed by atoms with Crippen LogP contribution in [0.3, 0.4) is 0 Å². The van der Waals surface area contributed by atoms with Crippen molar-refractivity contribution in [1.82, 2.24) is 4.98 Å². The van der Waals surface area contributed by atoms with E-state index < -0.39 is 0 Å². The molecule has 29 heavy (non-hydrogen) atoms. The van der Waals surface area contributed by atoms with Crippen molar-refractivity contribution in [1.29, 1.82) is 0 Å². The second-order valence-corrected chi connectivity index (χ2v) is 8.91. The fourth-order valence-electron chi connectivity index (χ4n) is 4.26. The molecule has 0 atom stereocenters. The lowest BCUT2D eigenvalue weighted by Crippen LogP contribution is -1.90. The summed E-state index contributed by atoms with van der Waals surface area (Å²) in [7, 11) is 0. The Bertz CT molecular complexity index is 1540. The number of furan rings is 1. The van der Waals surface area contributed by atoms with Crippen LogP contribution in [0.25, 0.3) is 53.4 Å². The maximum Gasteiger partial charge on any atom is 0.144 e. The molecule has 0 amide bonds. The Balaban J connectivity index is 1.73. The van der Waals surface area contributed by atoms with E-state index in [4.69, 9.17) is 4.42 Å². The first-order valence-electron chi connectivity index (χ1n) is 9.92. The first-order valence-corrected chi connectivity index (χ1v) is 10.7. The van der Waals surface area contributed by atoms with Gasteiger partial charge in [-0.3, -0.25) is 4.98 Å². The highest BCUT2D eigenvalue weighted by Gasteiger charge is 2.17. The van der Waals surface area contributed by atoms with Crippen molar-refractivity contribution in [2.45, 2.75) is 19.8 Å². The van der Waals surface area contributed by atoms with E-state index >= 15 is 0 Å². The van der Waals surface area contributed by atoms with Crippen LogP contribution in [0.2, 0.25) is 0 Å². The molecule has 2 nitrogen and oxygen atoms in total. The van der Waals surface area contributed by atoms with Gasteiger partial charge in [0, 0.05) is 42.7 Å². The summed E-state index contributed by atoms with van der Waals surface area (Å²) < 4.78 is 9.04. The predicted octanol–water partition coefficient (Wildman–Crippen LogP) is 8.14. The zero-order valence-electron chi connectivity index (χ0n) is 16.3. The summed E-state index contributed by atoms with van der Waals surface area (Å²) in [4.78, 5) is 4.66. The molecule has 6 aromatic rings. The molecule has 0 N–H and O–H groups in total. The number of rotatable bonds is 2. The van der Waals surface area contributed by atoms with Crippen LogP contribution in [0, 0.1) is 0 Å². The molecule has 6 rings (SSSR count). The Morgan fingerprint density at radius 3 is 2.59 bits per heavy atom. The highest BCUT2D eigenvalue weighted by atomic mass is 32.1. The van der Waals surface area contributed by atoms with E-state index in [1.165, 1.54) is 31.1 Å². The van der Waals surface area contributed by atoms with Gasteiger partial charge in [0.25, 0.3) is 0 Å². The molecule has 0 radical (unpaired) electrons. The lowest BCUT2D eigenvalue weighted by Gasteiger charge is -2.07. The van der Waals surface area contributed by atoms with E-state index in [1.54, 1.807) is 0 Å². The molecule has 0 aliphatic rings. The molecule has 0 bridgehead atoms. The van der Waals surface area contributed by atoms with Crippen molar-refractivity contribution in [3.05, 3.63) is 78.5 Å². The summed E-state index contributed by atoms with van der Waals surface area (Å²) in [6.07, 6.45) is 1.90. The van der Waals surface area contributed by atoms with Crippen LogP contribution >= 0.6 is 11.3 Å². The van der Waals surface area contributed by atoms with Gasteiger partial charge in [0.1, 0.15) is 11.2 Å². The van der Waals surface area contributed by atoms with Gasteiger partial charge in [0.2, 0.25) is 0 Å². The Hall–Kier alpha value is -3.17. The maximum atomic E-state index is 6.43. The van der Waals surface area contributed by atoms with Crippen LogP contribution in [0.5, 0.6) is 0 Å². The van der Waals surface area contributed by atoms with Crippen molar-refractivity contribution < 1.29 is 4.42 Å². The highest BCUT2D eigenvalue weighted by molar-refractivity contribution is 7.26. The van der Waals surface area contributed by atoms with Gasteiger partial charge < -0.3 is 4.42 Å². The Morgan fingerprint density at radius 2 is 1.69 bits per heavy atom. The Labute approximate surface area is 172 Å². The van der Waals surface area contributed by atoms with Crippen LogP contribution in [0.4, 0.5) is 0 Å². The van der Waals surface area contributed by atoms with Crippen molar-refractivity contribution in [2.24, 2.45) is 0 Å². The van der Waals surface area contributed by atoms with E-state index in [9.17, 15) is 0 Å². The standard InChI is InChI=1S/C26H19NOS/c1-15(2)16-12-13-27-20(14-16)17-7-5-8-19-24-21(28-26(17)19)10-11-23-25(24)18-6-3-4-9-22(18)29-23/h3-15H,1-2H3. The zero-order chi connectivity index (χ0) is 19.5. The molecule has 3 heterocycles. The molecule has 0 saturated heterocycles. The summed E-state index contributed by atoms with van der Waals surface area (Å²) in [5.41, 5.74) is 5.15. The van der Waals surface area contributed by atoms with Crippen LogP contribution in [-0.2, 0) is 0 Å². The minimum absolute atomic E-state index is 0.462. The fourth-order valence-corrected chi connectivity index (χ4v) is 5.37. The maximum absolute atomic E-state index is 6.43. The van der Waals surface area contributed by atoms with Gasteiger partial charge in [-0.05, 0) is 47.9 Å². The smallest absolute Gasteiger partial charge is 0.144 e. The normalized spacial score (nSPS) is 12.1. The number of hydrogen-bond donors (Lipinski definition) is 0. The Kier molecular flexibility index (Phi) is 3.56. The monoisotopic (exact) mass is 393 g/mol. The summed E-state index contributed by atoms with van der Waals surface area (Å²) in [6, 6.07) is 23.6. The zero-order valence-corrected chi connectivity index (χ0v) is 17.1. The lowest BCUT2D eigenvalue weighted by molar-refractivity contribution is 0.670. The molecular formula is C26H19NOS. The SMILES string of the molecule is CC(C)c1ccnc(-c2cccc3c2oc2ccc4sc5ccccc5c4c23)c1. The molecule has 3 aromatic carbocycles. The molecule has 140 valence electrons. The summed E-state index contributed by atoms with van der Waals surface area (Å²) in [6.45, 7) is 4.42. The minimum Gasteiger partial charge on any atom is -0.455 e. The third-order valence-corrected chi connectivity index (χ3v) is 6.86. The minimum atomic E-state index is 0.462. The number of hydrogen-bond acceptors (Lipinski definition) is 3. The van der Waals surface area contributed by atoms with E-state index in [0.29, 0.717) is 5.92 Å². The fraction of sp³-hybridized carbons (Fsp3) is 0.115. The van der Waals surface area contributed by atoms with E-state index in [0.717, 1.165) is 27.8 Å². The first-order chi connectivity index (χ1) is 14.2. The van der Waals surface area contributed by atoms with Crippen molar-refractivity contribution in [3.8, 4) is 11.3 Å². The van der Waals surface area contributed by atoms with Crippen LogP contribution in [0.15, 0.2) is 77.3 Å².